The molecule has 0 unspecified atom stereocenters. The summed E-state index contributed by atoms with van der Waals surface area (Å²) in [6.45, 7) is 0. The van der Waals surface area contributed by atoms with Crippen LogP contribution in [0.3, 0.4) is 0 Å². The molecule has 3 heteroatoms. The van der Waals surface area contributed by atoms with Gasteiger partial charge in [-0.2, -0.15) is 0 Å². The van der Waals surface area contributed by atoms with E-state index in [4.69, 9.17) is 9.15 Å². The first kappa shape index (κ1) is 10.7. The number of phenolic OH excluding ortho intramolecular Hbond substituents is 1. The molecule has 0 aliphatic carbocycles. The topological polar surface area (TPSA) is 42.6 Å². The Hall–Kier alpha value is -2.42. The Morgan fingerprint density at radius 2 is 1.89 bits per heavy atom. The normalized spacial score (nSPS) is 10.7. The van der Waals surface area contributed by atoms with Gasteiger partial charge in [0.2, 0.25) is 0 Å². The van der Waals surface area contributed by atoms with Crippen LogP contribution in [0.25, 0.3) is 22.1 Å². The summed E-state index contributed by atoms with van der Waals surface area (Å²) >= 11 is 0. The van der Waals surface area contributed by atoms with Crippen molar-refractivity contribution >= 4 is 11.0 Å². The average molecular weight is 240 g/mol. The molecule has 90 valence electrons. The number of fused-ring (bicyclic) bond motifs is 1. The fraction of sp³-hybridized carbons (Fsp3) is 0.0667. The number of methoxy groups -OCH3 is 1. The molecule has 0 atom stereocenters. The highest BCUT2D eigenvalue weighted by Crippen LogP contribution is 2.37. The number of hydrogen-bond donors (Lipinski definition) is 1. The lowest BCUT2D eigenvalue weighted by Crippen LogP contribution is -1.83. The maximum absolute atomic E-state index is 9.83. The number of phenols is 1. The average Bonchev–Trinajstić information content (AvgIpc) is 2.81. The third-order valence-electron chi connectivity index (χ3n) is 2.96. The molecule has 18 heavy (non-hydrogen) atoms. The van der Waals surface area contributed by atoms with Crippen LogP contribution in [-0.2, 0) is 0 Å². The van der Waals surface area contributed by atoms with Crippen LogP contribution in [-0.4, -0.2) is 12.2 Å². The van der Waals surface area contributed by atoms with E-state index in [-0.39, 0.29) is 5.75 Å². The third-order valence-corrected chi connectivity index (χ3v) is 2.96. The second-order valence-electron chi connectivity index (χ2n) is 4.04. The summed E-state index contributed by atoms with van der Waals surface area (Å²) in [5, 5.41) is 10.7. The zero-order valence-electron chi connectivity index (χ0n) is 9.88. The minimum atomic E-state index is 0.114. The van der Waals surface area contributed by atoms with Crippen molar-refractivity contribution in [3.63, 3.8) is 0 Å². The molecule has 0 aliphatic rings. The van der Waals surface area contributed by atoms with Gasteiger partial charge in [0.15, 0.2) is 11.5 Å². The van der Waals surface area contributed by atoms with Gasteiger partial charge in [-0.1, -0.05) is 30.3 Å². The molecule has 3 rings (SSSR count). The van der Waals surface area contributed by atoms with Crippen molar-refractivity contribution in [3.8, 4) is 22.6 Å². The van der Waals surface area contributed by atoms with Gasteiger partial charge in [-0.15, -0.1) is 0 Å². The highest BCUT2D eigenvalue weighted by molar-refractivity contribution is 5.95. The largest absolute Gasteiger partial charge is 0.504 e. The molecule has 0 bridgehead atoms. The summed E-state index contributed by atoms with van der Waals surface area (Å²) in [7, 11) is 1.52. The van der Waals surface area contributed by atoms with Gasteiger partial charge in [-0.05, 0) is 11.6 Å². The molecule has 0 saturated heterocycles. The number of furan rings is 1. The van der Waals surface area contributed by atoms with Crippen molar-refractivity contribution in [1.29, 1.82) is 0 Å². The summed E-state index contributed by atoms with van der Waals surface area (Å²) in [6.07, 6.45) is 1.69. The van der Waals surface area contributed by atoms with Crippen LogP contribution in [0.4, 0.5) is 0 Å². The molecular formula is C15H12O3. The molecule has 0 radical (unpaired) electrons. The monoisotopic (exact) mass is 240 g/mol. The molecule has 0 spiro atoms. The van der Waals surface area contributed by atoms with Crippen LogP contribution in [0.1, 0.15) is 0 Å². The molecule has 3 nitrogen and oxygen atoms in total. The van der Waals surface area contributed by atoms with Crippen molar-refractivity contribution in [1.82, 2.24) is 0 Å². The van der Waals surface area contributed by atoms with Crippen molar-refractivity contribution in [2.24, 2.45) is 0 Å². The Bertz CT molecular complexity index is 684. The summed E-state index contributed by atoms with van der Waals surface area (Å²) in [6, 6.07) is 13.3. The van der Waals surface area contributed by atoms with Crippen molar-refractivity contribution in [2.75, 3.05) is 7.11 Å². The van der Waals surface area contributed by atoms with E-state index in [9.17, 15) is 5.11 Å². The van der Waals surface area contributed by atoms with Gasteiger partial charge in [0.05, 0.1) is 13.4 Å². The summed E-state index contributed by atoms with van der Waals surface area (Å²) in [4.78, 5) is 0. The maximum Gasteiger partial charge on any atom is 0.164 e. The number of benzene rings is 2. The highest BCUT2D eigenvalue weighted by Gasteiger charge is 2.12. The molecule has 0 aliphatic heterocycles. The Kier molecular flexibility index (Phi) is 2.45. The Morgan fingerprint density at radius 3 is 2.61 bits per heavy atom. The fourth-order valence-corrected chi connectivity index (χ4v) is 2.05. The van der Waals surface area contributed by atoms with E-state index >= 15 is 0 Å². The van der Waals surface area contributed by atoms with E-state index in [0.717, 1.165) is 16.5 Å². The van der Waals surface area contributed by atoms with Gasteiger partial charge < -0.3 is 14.3 Å². The minimum Gasteiger partial charge on any atom is -0.504 e. The van der Waals surface area contributed by atoms with Gasteiger partial charge in [-0.25, -0.2) is 0 Å². The van der Waals surface area contributed by atoms with E-state index in [0.29, 0.717) is 11.3 Å². The minimum absolute atomic E-state index is 0.114. The number of aromatic hydroxyl groups is 1. The molecule has 0 fully saturated rings. The molecule has 0 saturated carbocycles. The lowest BCUT2D eigenvalue weighted by Gasteiger charge is -2.03. The van der Waals surface area contributed by atoms with Gasteiger partial charge in [0, 0.05) is 17.0 Å². The van der Waals surface area contributed by atoms with Crippen molar-refractivity contribution in [3.05, 3.63) is 48.7 Å². The Labute approximate surface area is 104 Å². The summed E-state index contributed by atoms with van der Waals surface area (Å²) in [5.74, 6) is 0.528. The van der Waals surface area contributed by atoms with E-state index in [1.165, 1.54) is 7.11 Å². The number of ether oxygens (including phenoxy) is 1. The van der Waals surface area contributed by atoms with Crippen LogP contribution < -0.4 is 4.74 Å². The molecule has 3 aromatic rings. The van der Waals surface area contributed by atoms with E-state index in [1.54, 1.807) is 18.4 Å². The lowest BCUT2D eigenvalue weighted by atomic mass is 10.0. The smallest absolute Gasteiger partial charge is 0.164 e. The van der Waals surface area contributed by atoms with Crippen LogP contribution in [0.15, 0.2) is 53.1 Å². The number of rotatable bonds is 2. The second-order valence-corrected chi connectivity index (χ2v) is 4.04. The first-order valence-electron chi connectivity index (χ1n) is 5.63. The van der Waals surface area contributed by atoms with Crippen LogP contribution in [0, 0.1) is 0 Å². The molecule has 1 aromatic heterocycles. The third kappa shape index (κ3) is 1.61. The maximum atomic E-state index is 9.83. The summed E-state index contributed by atoms with van der Waals surface area (Å²) < 4.78 is 10.6. The molecular weight excluding hydrogens is 228 g/mol. The van der Waals surface area contributed by atoms with Gasteiger partial charge in [0.1, 0.15) is 5.58 Å². The van der Waals surface area contributed by atoms with E-state index in [2.05, 4.69) is 0 Å². The molecule has 2 aromatic carbocycles. The quantitative estimate of drug-likeness (QED) is 0.740. The SMILES string of the molecule is COc1cc2occ(-c3ccccc3)c2cc1O. The Balaban J connectivity index is 2.24. The first-order chi connectivity index (χ1) is 8.79. The van der Waals surface area contributed by atoms with Gasteiger partial charge in [0.25, 0.3) is 0 Å². The molecule has 1 heterocycles. The predicted octanol–water partition coefficient (Wildman–Crippen LogP) is 3.81. The van der Waals surface area contributed by atoms with Crippen LogP contribution in [0.5, 0.6) is 11.5 Å². The zero-order valence-corrected chi connectivity index (χ0v) is 9.88. The zero-order chi connectivity index (χ0) is 12.5. The van der Waals surface area contributed by atoms with E-state index in [1.807, 2.05) is 30.3 Å². The van der Waals surface area contributed by atoms with Gasteiger partial charge in [-0.3, -0.25) is 0 Å². The fourth-order valence-electron chi connectivity index (χ4n) is 2.05. The highest BCUT2D eigenvalue weighted by atomic mass is 16.5. The van der Waals surface area contributed by atoms with Crippen molar-refractivity contribution < 1.29 is 14.3 Å². The van der Waals surface area contributed by atoms with Crippen molar-refractivity contribution in [2.45, 2.75) is 0 Å². The molecule has 1 N–H and O–H groups in total. The second kappa shape index (κ2) is 4.11. The predicted molar refractivity (Wildman–Crippen MR) is 69.9 cm³/mol. The number of hydrogen-bond acceptors (Lipinski definition) is 3. The van der Waals surface area contributed by atoms with Crippen LogP contribution in [0.2, 0.25) is 0 Å². The van der Waals surface area contributed by atoms with Crippen LogP contribution >= 0.6 is 0 Å². The lowest BCUT2D eigenvalue weighted by molar-refractivity contribution is 0.373. The van der Waals surface area contributed by atoms with E-state index < -0.39 is 0 Å². The summed E-state index contributed by atoms with van der Waals surface area (Å²) in [5.41, 5.74) is 2.72. The van der Waals surface area contributed by atoms with Gasteiger partial charge >= 0.3 is 0 Å². The first-order valence-corrected chi connectivity index (χ1v) is 5.63. The Morgan fingerprint density at radius 1 is 1.11 bits per heavy atom. The standard InChI is InChI=1S/C15H12O3/c1-17-15-8-14-11(7-13(15)16)12(9-18-14)10-5-3-2-4-6-10/h2-9,16H,1H3. The molecule has 0 amide bonds.